The Balaban J connectivity index is 1.62. The van der Waals surface area contributed by atoms with Crippen molar-refractivity contribution in [3.05, 3.63) is 51.3 Å². The van der Waals surface area contributed by atoms with Gasteiger partial charge in [-0.25, -0.2) is 14.8 Å². The zero-order valence-electron chi connectivity index (χ0n) is 14.5. The van der Waals surface area contributed by atoms with Gasteiger partial charge in [0.05, 0.1) is 16.4 Å². The monoisotopic (exact) mass is 387 g/mol. The number of thiazole rings is 2. The summed E-state index contributed by atoms with van der Waals surface area (Å²) in [6, 6.07) is 9.69. The molecule has 6 nitrogen and oxygen atoms in total. The number of carbonyl (C=O) groups is 2. The van der Waals surface area contributed by atoms with Gasteiger partial charge in [0.2, 0.25) is 0 Å². The van der Waals surface area contributed by atoms with E-state index in [0.717, 1.165) is 16.3 Å². The molecule has 2 aromatic heterocycles. The number of amides is 1. The second-order valence-electron chi connectivity index (χ2n) is 5.59. The fourth-order valence-electron chi connectivity index (χ4n) is 2.27. The molecular formula is C18H17N3O3S2. The standard InChI is InChI=1S/C18H17N3O3S2/c1-10-15(26-12(3)19-10)17(23)24-11(2)16(22)21-18-20-14(9-25-18)13-7-5-4-6-8-13/h4-9,11H,1-3H3,(H,20,21,22)/t11-/m0/s1. The van der Waals surface area contributed by atoms with Crippen LogP contribution in [-0.4, -0.2) is 27.9 Å². The van der Waals surface area contributed by atoms with E-state index in [4.69, 9.17) is 4.74 Å². The molecule has 3 aromatic rings. The molecular weight excluding hydrogens is 370 g/mol. The lowest BCUT2D eigenvalue weighted by molar-refractivity contribution is -0.123. The first-order valence-corrected chi connectivity index (χ1v) is 9.60. The van der Waals surface area contributed by atoms with Crippen LogP contribution in [0.5, 0.6) is 0 Å². The van der Waals surface area contributed by atoms with Gasteiger partial charge in [0, 0.05) is 10.9 Å². The van der Waals surface area contributed by atoms with Crippen molar-refractivity contribution in [2.24, 2.45) is 0 Å². The molecule has 0 saturated carbocycles. The lowest BCUT2D eigenvalue weighted by Crippen LogP contribution is -2.29. The molecule has 1 atom stereocenters. The summed E-state index contributed by atoms with van der Waals surface area (Å²) in [5, 5.41) is 5.79. The summed E-state index contributed by atoms with van der Waals surface area (Å²) >= 11 is 2.57. The van der Waals surface area contributed by atoms with Gasteiger partial charge in [0.25, 0.3) is 5.91 Å². The van der Waals surface area contributed by atoms with Crippen LogP contribution in [0.25, 0.3) is 11.3 Å². The highest BCUT2D eigenvalue weighted by atomic mass is 32.1. The fourth-order valence-corrected chi connectivity index (χ4v) is 3.79. The van der Waals surface area contributed by atoms with Crippen molar-refractivity contribution in [1.82, 2.24) is 9.97 Å². The number of carbonyl (C=O) groups excluding carboxylic acids is 2. The number of esters is 1. The van der Waals surface area contributed by atoms with Crippen molar-refractivity contribution >= 4 is 39.7 Å². The third-order valence-electron chi connectivity index (χ3n) is 3.55. The highest BCUT2D eigenvalue weighted by molar-refractivity contribution is 7.14. The van der Waals surface area contributed by atoms with Gasteiger partial charge in [-0.15, -0.1) is 22.7 Å². The Morgan fingerprint density at radius 2 is 1.88 bits per heavy atom. The molecule has 0 aliphatic rings. The van der Waals surface area contributed by atoms with E-state index >= 15 is 0 Å². The zero-order chi connectivity index (χ0) is 18.7. The van der Waals surface area contributed by atoms with E-state index in [1.54, 1.807) is 6.92 Å². The molecule has 8 heteroatoms. The first-order valence-electron chi connectivity index (χ1n) is 7.91. The van der Waals surface area contributed by atoms with Gasteiger partial charge in [0.1, 0.15) is 4.88 Å². The Morgan fingerprint density at radius 1 is 1.15 bits per heavy atom. The molecule has 1 amide bonds. The molecule has 26 heavy (non-hydrogen) atoms. The molecule has 3 rings (SSSR count). The Bertz CT molecular complexity index is 934. The summed E-state index contributed by atoms with van der Waals surface area (Å²) in [5.41, 5.74) is 2.36. The quantitative estimate of drug-likeness (QED) is 0.668. The topological polar surface area (TPSA) is 81.2 Å². The molecule has 1 aromatic carbocycles. The number of rotatable bonds is 5. The van der Waals surface area contributed by atoms with Gasteiger partial charge in [-0.3, -0.25) is 10.1 Å². The molecule has 0 unspecified atom stereocenters. The molecule has 1 N–H and O–H groups in total. The van der Waals surface area contributed by atoms with Crippen LogP contribution in [0.3, 0.4) is 0 Å². The lowest BCUT2D eigenvalue weighted by atomic mass is 10.2. The van der Waals surface area contributed by atoms with Crippen LogP contribution in [0.15, 0.2) is 35.7 Å². The Kier molecular flexibility index (Phi) is 5.43. The number of benzene rings is 1. The van der Waals surface area contributed by atoms with Crippen molar-refractivity contribution in [3.63, 3.8) is 0 Å². The van der Waals surface area contributed by atoms with Crippen LogP contribution < -0.4 is 5.32 Å². The normalized spacial score (nSPS) is 11.8. The first kappa shape index (κ1) is 18.2. The molecule has 0 saturated heterocycles. The number of ether oxygens (including phenoxy) is 1. The van der Waals surface area contributed by atoms with Crippen LogP contribution in [0.4, 0.5) is 5.13 Å². The molecule has 2 heterocycles. The van der Waals surface area contributed by atoms with Crippen molar-refractivity contribution < 1.29 is 14.3 Å². The minimum atomic E-state index is -0.937. The summed E-state index contributed by atoms with van der Waals surface area (Å²) in [5.74, 6) is -0.967. The number of aromatic nitrogens is 2. The smallest absolute Gasteiger partial charge is 0.351 e. The summed E-state index contributed by atoms with van der Waals surface area (Å²) in [7, 11) is 0. The van der Waals surface area contributed by atoms with E-state index in [1.807, 2.05) is 42.6 Å². The summed E-state index contributed by atoms with van der Waals surface area (Å²) in [6.07, 6.45) is -0.937. The number of hydrogen-bond donors (Lipinski definition) is 1. The largest absolute Gasteiger partial charge is 0.448 e. The van der Waals surface area contributed by atoms with Crippen LogP contribution in [0.2, 0.25) is 0 Å². The van der Waals surface area contributed by atoms with Gasteiger partial charge in [-0.05, 0) is 20.8 Å². The zero-order valence-corrected chi connectivity index (χ0v) is 16.1. The van der Waals surface area contributed by atoms with Crippen molar-refractivity contribution in [2.45, 2.75) is 26.9 Å². The predicted molar refractivity (Wildman–Crippen MR) is 103 cm³/mol. The molecule has 0 bridgehead atoms. The van der Waals surface area contributed by atoms with Crippen molar-refractivity contribution in [3.8, 4) is 11.3 Å². The van der Waals surface area contributed by atoms with E-state index < -0.39 is 18.0 Å². The minimum Gasteiger partial charge on any atom is -0.448 e. The van der Waals surface area contributed by atoms with Crippen LogP contribution in [-0.2, 0) is 9.53 Å². The van der Waals surface area contributed by atoms with E-state index in [0.29, 0.717) is 15.7 Å². The summed E-state index contributed by atoms with van der Waals surface area (Å²) in [6.45, 7) is 5.09. The van der Waals surface area contributed by atoms with Crippen molar-refractivity contribution in [1.29, 1.82) is 0 Å². The number of hydrogen-bond acceptors (Lipinski definition) is 7. The van der Waals surface area contributed by atoms with Crippen LogP contribution in [0, 0.1) is 13.8 Å². The Morgan fingerprint density at radius 3 is 2.54 bits per heavy atom. The van der Waals surface area contributed by atoms with Crippen molar-refractivity contribution in [2.75, 3.05) is 5.32 Å². The van der Waals surface area contributed by atoms with Gasteiger partial charge in [0.15, 0.2) is 11.2 Å². The van der Waals surface area contributed by atoms with Crippen LogP contribution in [0.1, 0.15) is 27.3 Å². The molecule has 0 radical (unpaired) electrons. The highest BCUT2D eigenvalue weighted by Crippen LogP contribution is 2.25. The second-order valence-corrected chi connectivity index (χ2v) is 7.65. The third kappa shape index (κ3) is 4.14. The molecule has 0 aliphatic carbocycles. The fraction of sp³-hybridized carbons (Fsp3) is 0.222. The maximum absolute atomic E-state index is 12.3. The Labute approximate surface area is 158 Å². The summed E-state index contributed by atoms with van der Waals surface area (Å²) in [4.78, 5) is 33.5. The van der Waals surface area contributed by atoms with Gasteiger partial charge in [-0.2, -0.15) is 0 Å². The molecule has 134 valence electrons. The van der Waals surface area contributed by atoms with Gasteiger partial charge < -0.3 is 4.74 Å². The average Bonchev–Trinajstić information content (AvgIpc) is 3.21. The van der Waals surface area contributed by atoms with E-state index in [9.17, 15) is 9.59 Å². The minimum absolute atomic E-state index is 0.419. The Hall–Kier alpha value is -2.58. The number of aryl methyl sites for hydroxylation is 2. The maximum Gasteiger partial charge on any atom is 0.351 e. The number of nitrogens with one attached hydrogen (secondary N) is 1. The maximum atomic E-state index is 12.3. The number of anilines is 1. The average molecular weight is 387 g/mol. The van der Waals surface area contributed by atoms with E-state index in [2.05, 4.69) is 15.3 Å². The van der Waals surface area contributed by atoms with Crippen LogP contribution >= 0.6 is 22.7 Å². The molecule has 0 fully saturated rings. The summed E-state index contributed by atoms with van der Waals surface area (Å²) < 4.78 is 5.25. The lowest BCUT2D eigenvalue weighted by Gasteiger charge is -2.11. The van der Waals surface area contributed by atoms with E-state index in [1.165, 1.54) is 29.6 Å². The second kappa shape index (κ2) is 7.76. The van der Waals surface area contributed by atoms with Gasteiger partial charge in [-0.1, -0.05) is 30.3 Å². The molecule has 0 spiro atoms. The van der Waals surface area contributed by atoms with E-state index in [-0.39, 0.29) is 0 Å². The van der Waals surface area contributed by atoms with Gasteiger partial charge >= 0.3 is 5.97 Å². The molecule has 0 aliphatic heterocycles. The predicted octanol–water partition coefficient (Wildman–Crippen LogP) is 4.07. The first-order chi connectivity index (χ1) is 12.4. The number of nitrogens with zero attached hydrogens (tertiary/aromatic N) is 2. The highest BCUT2D eigenvalue weighted by Gasteiger charge is 2.23. The SMILES string of the molecule is Cc1nc(C)c(C(=O)O[C@@H](C)C(=O)Nc2nc(-c3ccccc3)cs2)s1. The third-order valence-corrected chi connectivity index (χ3v) is 5.36.